The van der Waals surface area contributed by atoms with E-state index in [4.69, 9.17) is 5.11 Å². The zero-order chi connectivity index (χ0) is 13.1. The molecule has 0 aromatic carbocycles. The van der Waals surface area contributed by atoms with Gasteiger partial charge in [0.2, 0.25) is 5.95 Å². The molecule has 2 unspecified atom stereocenters. The van der Waals surface area contributed by atoms with E-state index in [1.165, 1.54) is 11.0 Å². The molecule has 1 aromatic rings. The number of aromatic nitrogens is 3. The van der Waals surface area contributed by atoms with Gasteiger partial charge in [0, 0.05) is 7.05 Å². The number of aliphatic carboxylic acids is 1. The molecule has 18 heavy (non-hydrogen) atoms. The molecule has 0 fully saturated rings. The normalized spacial score (nSPS) is 21.8. The fraction of sp³-hybridized carbons (Fsp3) is 0.400. The van der Waals surface area contributed by atoms with Gasteiger partial charge >= 0.3 is 12.0 Å². The summed E-state index contributed by atoms with van der Waals surface area (Å²) >= 11 is 0. The van der Waals surface area contributed by atoms with Crippen LogP contribution in [0, 0.1) is 5.92 Å². The van der Waals surface area contributed by atoms with Gasteiger partial charge in [-0.25, -0.2) is 9.48 Å². The Kier molecular flexibility index (Phi) is 3.26. The van der Waals surface area contributed by atoms with E-state index in [-0.39, 0.29) is 6.04 Å². The first-order valence-corrected chi connectivity index (χ1v) is 5.39. The van der Waals surface area contributed by atoms with Gasteiger partial charge in [-0.15, -0.1) is 0 Å². The predicted octanol–water partition coefficient (Wildman–Crippen LogP) is -0.0341. The number of carbonyl (C=O) groups excluding carboxylic acids is 1. The van der Waals surface area contributed by atoms with Crippen molar-refractivity contribution in [2.75, 3.05) is 5.32 Å². The second-order valence-corrected chi connectivity index (χ2v) is 3.98. The molecule has 0 saturated carbocycles. The lowest BCUT2D eigenvalue weighted by Crippen LogP contribution is -2.37. The van der Waals surface area contributed by atoms with E-state index >= 15 is 0 Å². The number of hydrogen-bond acceptors (Lipinski definition) is 4. The van der Waals surface area contributed by atoms with Crippen LogP contribution in [0.1, 0.15) is 6.42 Å². The topological polar surface area (TPSA) is 109 Å². The van der Waals surface area contributed by atoms with Crippen molar-refractivity contribution in [2.45, 2.75) is 12.5 Å². The Balaban J connectivity index is 1.85. The van der Waals surface area contributed by atoms with Crippen molar-refractivity contribution >= 4 is 17.9 Å². The van der Waals surface area contributed by atoms with Crippen molar-refractivity contribution in [3.05, 3.63) is 18.5 Å². The Bertz CT molecular complexity index is 495. The number of aryl methyl sites for hydroxylation is 1. The van der Waals surface area contributed by atoms with E-state index in [0.29, 0.717) is 12.4 Å². The first-order valence-electron chi connectivity index (χ1n) is 5.39. The molecule has 0 aliphatic heterocycles. The first-order chi connectivity index (χ1) is 8.56. The molecular formula is C10H13N5O3. The Morgan fingerprint density at radius 1 is 1.50 bits per heavy atom. The van der Waals surface area contributed by atoms with Crippen molar-refractivity contribution in [1.29, 1.82) is 0 Å². The Hall–Kier alpha value is -2.38. The number of urea groups is 1. The number of carbonyl (C=O) groups is 2. The lowest BCUT2D eigenvalue weighted by atomic mass is 10.1. The molecule has 2 rings (SSSR count). The molecule has 8 nitrogen and oxygen atoms in total. The molecular weight excluding hydrogens is 238 g/mol. The second-order valence-electron chi connectivity index (χ2n) is 3.98. The van der Waals surface area contributed by atoms with Crippen LogP contribution in [0.25, 0.3) is 0 Å². The number of nitrogens with one attached hydrogen (secondary N) is 2. The molecule has 0 bridgehead atoms. The maximum Gasteiger partial charge on any atom is 0.322 e. The number of hydrogen-bond donors (Lipinski definition) is 3. The van der Waals surface area contributed by atoms with E-state index in [2.05, 4.69) is 20.7 Å². The zero-order valence-electron chi connectivity index (χ0n) is 9.70. The van der Waals surface area contributed by atoms with Crippen molar-refractivity contribution in [2.24, 2.45) is 13.0 Å². The van der Waals surface area contributed by atoms with Crippen LogP contribution in [0.5, 0.6) is 0 Å². The highest BCUT2D eigenvalue weighted by Crippen LogP contribution is 2.17. The summed E-state index contributed by atoms with van der Waals surface area (Å²) in [4.78, 5) is 26.2. The fourth-order valence-corrected chi connectivity index (χ4v) is 1.70. The SMILES string of the molecule is Cn1ncnc1NC(=O)NC1C=CC(C(=O)O)C1. The van der Waals surface area contributed by atoms with Crippen LogP contribution in [0.4, 0.5) is 10.7 Å². The number of rotatable bonds is 3. The largest absolute Gasteiger partial charge is 0.481 e. The minimum atomic E-state index is -0.885. The highest BCUT2D eigenvalue weighted by molar-refractivity contribution is 5.88. The van der Waals surface area contributed by atoms with Crippen LogP contribution in [-0.4, -0.2) is 37.9 Å². The van der Waals surface area contributed by atoms with E-state index < -0.39 is 17.9 Å². The summed E-state index contributed by atoms with van der Waals surface area (Å²) in [6.07, 6.45) is 4.94. The molecule has 0 spiro atoms. The predicted molar refractivity (Wildman–Crippen MR) is 61.8 cm³/mol. The Morgan fingerprint density at radius 3 is 2.83 bits per heavy atom. The molecule has 2 amide bonds. The van der Waals surface area contributed by atoms with Crippen molar-refractivity contribution in [1.82, 2.24) is 20.1 Å². The first kappa shape index (κ1) is 12.1. The average Bonchev–Trinajstić information content (AvgIpc) is 2.89. The number of carboxylic acid groups (broad SMARTS) is 1. The minimum absolute atomic E-state index is 0.278. The van der Waals surface area contributed by atoms with E-state index in [1.54, 1.807) is 19.2 Å². The van der Waals surface area contributed by atoms with Gasteiger partial charge in [0.05, 0.1) is 12.0 Å². The number of nitrogens with zero attached hydrogens (tertiary/aromatic N) is 3. The Morgan fingerprint density at radius 2 is 2.28 bits per heavy atom. The summed E-state index contributed by atoms with van der Waals surface area (Å²) < 4.78 is 1.42. The highest BCUT2D eigenvalue weighted by Gasteiger charge is 2.25. The highest BCUT2D eigenvalue weighted by atomic mass is 16.4. The molecule has 1 aliphatic carbocycles. The van der Waals surface area contributed by atoms with Crippen molar-refractivity contribution < 1.29 is 14.7 Å². The maximum absolute atomic E-state index is 11.6. The van der Waals surface area contributed by atoms with Gasteiger partial charge in [0.1, 0.15) is 6.33 Å². The average molecular weight is 251 g/mol. The molecule has 1 aliphatic rings. The second kappa shape index (κ2) is 4.86. The molecule has 0 radical (unpaired) electrons. The monoisotopic (exact) mass is 251 g/mol. The summed E-state index contributed by atoms with van der Waals surface area (Å²) in [6, 6.07) is -0.717. The quantitative estimate of drug-likeness (QED) is 0.653. The maximum atomic E-state index is 11.6. The summed E-state index contributed by atoms with van der Waals surface area (Å²) in [5, 5.41) is 17.8. The molecule has 8 heteroatoms. The molecule has 1 heterocycles. The standard InChI is InChI=1S/C10H13N5O3/c1-15-9(11-5-12-15)14-10(18)13-7-3-2-6(4-7)8(16)17/h2-3,5-7H,4H2,1H3,(H,16,17)(H2,11,12,13,14,18). The third-order valence-corrected chi connectivity index (χ3v) is 2.65. The van der Waals surface area contributed by atoms with Gasteiger partial charge in [-0.1, -0.05) is 12.2 Å². The van der Waals surface area contributed by atoms with Gasteiger partial charge in [0.15, 0.2) is 0 Å². The van der Waals surface area contributed by atoms with E-state index in [0.717, 1.165) is 0 Å². The van der Waals surface area contributed by atoms with Gasteiger partial charge in [-0.3, -0.25) is 10.1 Å². The summed E-state index contributed by atoms with van der Waals surface area (Å²) in [5.41, 5.74) is 0. The third-order valence-electron chi connectivity index (χ3n) is 2.65. The van der Waals surface area contributed by atoms with Gasteiger partial charge < -0.3 is 10.4 Å². The third kappa shape index (κ3) is 2.65. The smallest absolute Gasteiger partial charge is 0.322 e. The molecule has 0 saturated heterocycles. The van der Waals surface area contributed by atoms with Crippen molar-refractivity contribution in [3.8, 4) is 0 Å². The lowest BCUT2D eigenvalue weighted by Gasteiger charge is -2.12. The van der Waals surface area contributed by atoms with Crippen LogP contribution in [-0.2, 0) is 11.8 Å². The van der Waals surface area contributed by atoms with Crippen molar-refractivity contribution in [3.63, 3.8) is 0 Å². The van der Waals surface area contributed by atoms with Crippen LogP contribution in [0.3, 0.4) is 0 Å². The molecule has 3 N–H and O–H groups in total. The number of carboxylic acids is 1. The number of anilines is 1. The number of amides is 2. The van der Waals surface area contributed by atoms with Gasteiger partial charge in [-0.2, -0.15) is 10.1 Å². The molecule has 2 atom stereocenters. The van der Waals surface area contributed by atoms with Crippen LogP contribution in [0.15, 0.2) is 18.5 Å². The molecule has 96 valence electrons. The summed E-state index contributed by atoms with van der Waals surface area (Å²) in [6.45, 7) is 0. The summed E-state index contributed by atoms with van der Waals surface area (Å²) in [7, 11) is 1.65. The lowest BCUT2D eigenvalue weighted by molar-refractivity contribution is -0.140. The van der Waals surface area contributed by atoms with E-state index in [1.807, 2.05) is 0 Å². The van der Waals surface area contributed by atoms with E-state index in [9.17, 15) is 9.59 Å². The van der Waals surface area contributed by atoms with Crippen LogP contribution >= 0.6 is 0 Å². The Labute approximate surface area is 103 Å². The zero-order valence-corrected chi connectivity index (χ0v) is 9.70. The van der Waals surface area contributed by atoms with Gasteiger partial charge in [-0.05, 0) is 6.42 Å². The van der Waals surface area contributed by atoms with Gasteiger partial charge in [0.25, 0.3) is 0 Å². The molecule has 1 aromatic heterocycles. The summed E-state index contributed by atoms with van der Waals surface area (Å²) in [5.74, 6) is -1.10. The van der Waals surface area contributed by atoms with Crippen LogP contribution in [0.2, 0.25) is 0 Å². The minimum Gasteiger partial charge on any atom is -0.481 e. The fourth-order valence-electron chi connectivity index (χ4n) is 1.70. The van der Waals surface area contributed by atoms with Crippen LogP contribution < -0.4 is 10.6 Å².